The Morgan fingerprint density at radius 1 is 1.16 bits per heavy atom. The molecule has 2 aromatic carbocycles. The minimum absolute atomic E-state index is 0.0592. The zero-order valence-corrected chi connectivity index (χ0v) is 13.3. The Bertz CT molecular complexity index is 876. The maximum atomic E-state index is 12.3. The standard InChI is InChI=1S/C18H16N2O5/c21-10-12-1-3-13(17(7-12)20(24)25)8-15(22)6-11-2-4-16-14(5-11)9-18(23)19-16/h1-5,7,21H,6,8-10H2,(H,19,23). The number of carbonyl (C=O) groups excluding carboxylic acids is 2. The summed E-state index contributed by atoms with van der Waals surface area (Å²) in [6.45, 7) is -0.295. The Morgan fingerprint density at radius 2 is 1.92 bits per heavy atom. The van der Waals surface area contributed by atoms with Crippen molar-refractivity contribution in [3.05, 3.63) is 68.8 Å². The summed E-state index contributed by atoms with van der Waals surface area (Å²) < 4.78 is 0. The number of amides is 1. The molecule has 2 N–H and O–H groups in total. The van der Waals surface area contributed by atoms with E-state index in [2.05, 4.69) is 5.32 Å². The van der Waals surface area contributed by atoms with Crippen LogP contribution in [0.4, 0.5) is 11.4 Å². The van der Waals surface area contributed by atoms with Crippen LogP contribution in [0.15, 0.2) is 36.4 Å². The van der Waals surface area contributed by atoms with Gasteiger partial charge in [-0.3, -0.25) is 19.7 Å². The van der Waals surface area contributed by atoms with Gasteiger partial charge in [0.2, 0.25) is 5.91 Å². The average Bonchev–Trinajstić information content (AvgIpc) is 2.94. The van der Waals surface area contributed by atoms with Gasteiger partial charge < -0.3 is 10.4 Å². The number of nitro groups is 1. The van der Waals surface area contributed by atoms with Crippen molar-refractivity contribution in [3.8, 4) is 0 Å². The van der Waals surface area contributed by atoms with Gasteiger partial charge in [0.15, 0.2) is 0 Å². The highest BCUT2D eigenvalue weighted by molar-refractivity contribution is 5.99. The van der Waals surface area contributed by atoms with Crippen molar-refractivity contribution in [2.24, 2.45) is 0 Å². The second-order valence-corrected chi connectivity index (χ2v) is 5.99. The van der Waals surface area contributed by atoms with E-state index in [0.717, 1.165) is 16.8 Å². The zero-order chi connectivity index (χ0) is 18.0. The third-order valence-electron chi connectivity index (χ3n) is 4.11. The van der Waals surface area contributed by atoms with Gasteiger partial charge in [-0.05, 0) is 22.8 Å². The molecule has 0 unspecified atom stereocenters. The molecular formula is C18H16N2O5. The summed E-state index contributed by atoms with van der Waals surface area (Å²) in [6.07, 6.45) is 0.377. The van der Waals surface area contributed by atoms with Crippen LogP contribution in [0.2, 0.25) is 0 Å². The fourth-order valence-corrected chi connectivity index (χ4v) is 2.92. The van der Waals surface area contributed by atoms with Crippen molar-refractivity contribution in [3.63, 3.8) is 0 Å². The van der Waals surface area contributed by atoms with Crippen molar-refractivity contribution >= 4 is 23.1 Å². The Kier molecular flexibility index (Phi) is 4.58. The Labute approximate surface area is 143 Å². The van der Waals surface area contributed by atoms with Crippen LogP contribution in [-0.2, 0) is 35.5 Å². The smallest absolute Gasteiger partial charge is 0.273 e. The predicted molar refractivity (Wildman–Crippen MR) is 90.2 cm³/mol. The Hall–Kier alpha value is -3.06. The number of Topliss-reactive ketones (excluding diaryl/α,β-unsaturated/α-hetero) is 1. The number of rotatable bonds is 6. The monoisotopic (exact) mass is 340 g/mol. The quantitative estimate of drug-likeness (QED) is 0.617. The van der Waals surface area contributed by atoms with Gasteiger partial charge in [-0.25, -0.2) is 0 Å². The van der Waals surface area contributed by atoms with Gasteiger partial charge in [-0.15, -0.1) is 0 Å². The molecule has 1 aliphatic rings. The van der Waals surface area contributed by atoms with Gasteiger partial charge in [-0.1, -0.05) is 24.3 Å². The van der Waals surface area contributed by atoms with E-state index in [-0.39, 0.29) is 36.8 Å². The average molecular weight is 340 g/mol. The summed E-state index contributed by atoms with van der Waals surface area (Å²) in [7, 11) is 0. The van der Waals surface area contributed by atoms with E-state index in [9.17, 15) is 19.7 Å². The van der Waals surface area contributed by atoms with E-state index in [1.54, 1.807) is 18.2 Å². The fraction of sp³-hybridized carbons (Fsp3) is 0.222. The van der Waals surface area contributed by atoms with Crippen LogP contribution < -0.4 is 5.32 Å². The van der Waals surface area contributed by atoms with Crippen molar-refractivity contribution in [1.29, 1.82) is 0 Å². The summed E-state index contributed by atoms with van der Waals surface area (Å²) in [5.41, 5.74) is 2.98. The molecule has 0 saturated carbocycles. The Morgan fingerprint density at radius 3 is 2.64 bits per heavy atom. The molecule has 1 amide bonds. The number of fused-ring (bicyclic) bond motifs is 1. The zero-order valence-electron chi connectivity index (χ0n) is 13.3. The number of nitro benzene ring substituents is 1. The molecule has 0 atom stereocenters. The fourth-order valence-electron chi connectivity index (χ4n) is 2.92. The molecule has 0 radical (unpaired) electrons. The van der Waals surface area contributed by atoms with Gasteiger partial charge in [0.05, 0.1) is 18.0 Å². The van der Waals surface area contributed by atoms with Crippen molar-refractivity contribution in [2.75, 3.05) is 5.32 Å². The minimum Gasteiger partial charge on any atom is -0.392 e. The van der Waals surface area contributed by atoms with Crippen LogP contribution in [0, 0.1) is 10.1 Å². The SMILES string of the molecule is O=C(Cc1ccc2c(c1)CC(=O)N2)Cc1ccc(CO)cc1[N+](=O)[O-]. The van der Waals surface area contributed by atoms with Crippen LogP contribution in [0.25, 0.3) is 0 Å². The number of benzene rings is 2. The largest absolute Gasteiger partial charge is 0.392 e. The van der Waals surface area contributed by atoms with Crippen LogP contribution in [0.1, 0.15) is 22.3 Å². The van der Waals surface area contributed by atoms with Gasteiger partial charge in [0.1, 0.15) is 5.78 Å². The summed E-state index contributed by atoms with van der Waals surface area (Å²) >= 11 is 0. The summed E-state index contributed by atoms with van der Waals surface area (Å²) in [5, 5.41) is 23.0. The van der Waals surface area contributed by atoms with Crippen molar-refractivity contribution in [1.82, 2.24) is 0 Å². The number of nitrogens with one attached hydrogen (secondary N) is 1. The molecule has 0 bridgehead atoms. The van der Waals surface area contributed by atoms with Gasteiger partial charge in [0, 0.05) is 30.2 Å². The lowest BCUT2D eigenvalue weighted by atomic mass is 9.99. The molecule has 0 fully saturated rings. The molecule has 0 saturated heterocycles. The number of aliphatic hydroxyl groups excluding tert-OH is 1. The summed E-state index contributed by atoms with van der Waals surface area (Å²) in [6, 6.07) is 9.71. The Balaban J connectivity index is 1.74. The summed E-state index contributed by atoms with van der Waals surface area (Å²) in [5.74, 6) is -0.227. The van der Waals surface area contributed by atoms with E-state index in [1.807, 2.05) is 6.07 Å². The lowest BCUT2D eigenvalue weighted by molar-refractivity contribution is -0.385. The van der Waals surface area contributed by atoms with Gasteiger partial charge in [0.25, 0.3) is 5.69 Å². The van der Waals surface area contributed by atoms with Crippen LogP contribution in [0.5, 0.6) is 0 Å². The van der Waals surface area contributed by atoms with Gasteiger partial charge in [-0.2, -0.15) is 0 Å². The number of hydrogen-bond acceptors (Lipinski definition) is 5. The topological polar surface area (TPSA) is 110 Å². The molecule has 128 valence electrons. The predicted octanol–water partition coefficient (Wildman–Crippen LogP) is 1.94. The molecule has 0 aliphatic carbocycles. The maximum absolute atomic E-state index is 12.3. The maximum Gasteiger partial charge on any atom is 0.273 e. The van der Waals surface area contributed by atoms with Crippen LogP contribution in [0.3, 0.4) is 0 Å². The lowest BCUT2D eigenvalue weighted by Crippen LogP contribution is -2.09. The molecule has 7 nitrogen and oxygen atoms in total. The highest BCUT2D eigenvalue weighted by atomic mass is 16.6. The van der Waals surface area contributed by atoms with Crippen molar-refractivity contribution in [2.45, 2.75) is 25.9 Å². The first-order valence-electron chi connectivity index (χ1n) is 7.76. The second kappa shape index (κ2) is 6.82. The highest BCUT2D eigenvalue weighted by Crippen LogP contribution is 2.25. The number of carbonyl (C=O) groups is 2. The molecule has 1 aliphatic heterocycles. The number of nitrogens with zero attached hydrogens (tertiary/aromatic N) is 1. The number of ketones is 1. The number of anilines is 1. The van der Waals surface area contributed by atoms with Crippen LogP contribution in [-0.4, -0.2) is 21.7 Å². The summed E-state index contributed by atoms with van der Waals surface area (Å²) in [4.78, 5) is 34.3. The van der Waals surface area contributed by atoms with Crippen molar-refractivity contribution < 1.29 is 19.6 Å². The first-order chi connectivity index (χ1) is 12.0. The molecule has 7 heteroatoms. The molecule has 0 spiro atoms. The van der Waals surface area contributed by atoms with E-state index >= 15 is 0 Å². The molecule has 3 rings (SSSR count). The first kappa shape index (κ1) is 16.8. The van der Waals surface area contributed by atoms with Gasteiger partial charge >= 0.3 is 0 Å². The minimum atomic E-state index is -0.547. The number of hydrogen-bond donors (Lipinski definition) is 2. The van der Waals surface area contributed by atoms with E-state index in [4.69, 9.17) is 5.11 Å². The molecule has 2 aromatic rings. The van der Waals surface area contributed by atoms with E-state index in [0.29, 0.717) is 17.5 Å². The molecular weight excluding hydrogens is 324 g/mol. The highest BCUT2D eigenvalue weighted by Gasteiger charge is 2.20. The van der Waals surface area contributed by atoms with E-state index < -0.39 is 4.92 Å². The lowest BCUT2D eigenvalue weighted by Gasteiger charge is -2.06. The van der Waals surface area contributed by atoms with Crippen LogP contribution >= 0.6 is 0 Å². The van der Waals surface area contributed by atoms with E-state index in [1.165, 1.54) is 12.1 Å². The number of aliphatic hydroxyl groups is 1. The molecule has 0 aromatic heterocycles. The molecule has 1 heterocycles. The second-order valence-electron chi connectivity index (χ2n) is 5.99. The molecule has 25 heavy (non-hydrogen) atoms. The third-order valence-corrected chi connectivity index (χ3v) is 4.11. The first-order valence-corrected chi connectivity index (χ1v) is 7.76. The normalized spacial score (nSPS) is 12.6. The third kappa shape index (κ3) is 3.72.